The van der Waals surface area contributed by atoms with Gasteiger partial charge in [0.15, 0.2) is 0 Å². The van der Waals surface area contributed by atoms with Crippen LogP contribution in [0.2, 0.25) is 10.0 Å². The van der Waals surface area contributed by atoms with E-state index in [2.05, 4.69) is 10.2 Å². The molecule has 2 aromatic rings. The number of hydrogen-bond acceptors (Lipinski definition) is 5. The zero-order valence-electron chi connectivity index (χ0n) is 9.93. The highest BCUT2D eigenvalue weighted by molar-refractivity contribution is 7.98. The van der Waals surface area contributed by atoms with Crippen LogP contribution in [0, 0.1) is 6.92 Å². The molecule has 8 heteroatoms. The number of nitrogen functional groups attached to an aromatic ring is 1. The average molecular weight is 317 g/mol. The van der Waals surface area contributed by atoms with Gasteiger partial charge in [0.2, 0.25) is 5.16 Å². The molecule has 0 spiro atoms. The molecule has 0 amide bonds. The number of nitrogens with zero attached hydrogens (tertiary/aromatic N) is 3. The summed E-state index contributed by atoms with van der Waals surface area (Å²) in [6.07, 6.45) is 0. The minimum absolute atomic E-state index is 0.265. The molecule has 1 heterocycles. The summed E-state index contributed by atoms with van der Waals surface area (Å²) in [5.74, 6) is 6.20. The van der Waals surface area contributed by atoms with Crippen molar-refractivity contribution in [1.82, 2.24) is 14.9 Å². The van der Waals surface area contributed by atoms with Crippen LogP contribution in [0.25, 0.3) is 0 Å². The first-order valence-corrected chi connectivity index (χ1v) is 7.01. The Bertz CT molecular complexity index is 674. The lowest BCUT2D eigenvalue weighted by atomic mass is 10.2. The van der Waals surface area contributed by atoms with Gasteiger partial charge >= 0.3 is 0 Å². The lowest BCUT2D eigenvalue weighted by Crippen LogP contribution is -2.32. The second kappa shape index (κ2) is 5.81. The Morgan fingerprint density at radius 1 is 1.32 bits per heavy atom. The van der Waals surface area contributed by atoms with Crippen molar-refractivity contribution < 1.29 is 0 Å². The van der Waals surface area contributed by atoms with Crippen LogP contribution in [-0.4, -0.2) is 14.9 Å². The fraction of sp³-hybridized carbons (Fsp3) is 0.182. The van der Waals surface area contributed by atoms with E-state index < -0.39 is 0 Å². The summed E-state index contributed by atoms with van der Waals surface area (Å²) in [5, 5.41) is 8.97. The molecule has 0 radical (unpaired) electrons. The summed E-state index contributed by atoms with van der Waals surface area (Å²) in [6.45, 7) is 1.56. The predicted octanol–water partition coefficient (Wildman–Crippen LogP) is 2.26. The van der Waals surface area contributed by atoms with E-state index in [1.165, 1.54) is 11.8 Å². The highest BCUT2D eigenvalue weighted by Crippen LogP contribution is 2.26. The van der Waals surface area contributed by atoms with Crippen LogP contribution in [0.3, 0.4) is 0 Å². The van der Waals surface area contributed by atoms with Gasteiger partial charge in [-0.2, -0.15) is 4.68 Å². The standard InChI is InChI=1S/C11H10Cl2N4OS/c1-6-10(18)17(14)11(16-15-6)19-5-7-2-3-8(12)9(13)4-7/h2-4H,5,14H2,1H3. The molecule has 0 atom stereocenters. The molecule has 100 valence electrons. The summed E-state index contributed by atoms with van der Waals surface area (Å²) < 4.78 is 0.991. The Morgan fingerprint density at radius 2 is 2.05 bits per heavy atom. The number of halogens is 2. The summed E-state index contributed by atoms with van der Waals surface area (Å²) in [4.78, 5) is 11.6. The molecular formula is C11H10Cl2N4OS. The molecule has 2 N–H and O–H groups in total. The second-order valence-corrected chi connectivity index (χ2v) is 5.54. The third-order valence-electron chi connectivity index (χ3n) is 2.37. The number of aryl methyl sites for hydroxylation is 1. The molecule has 0 bridgehead atoms. The Kier molecular flexibility index (Phi) is 4.34. The minimum atomic E-state index is -0.355. The van der Waals surface area contributed by atoms with Gasteiger partial charge in [0.05, 0.1) is 10.0 Å². The van der Waals surface area contributed by atoms with Crippen LogP contribution in [0.4, 0.5) is 0 Å². The summed E-state index contributed by atoms with van der Waals surface area (Å²) in [5.41, 5.74) is 0.863. The Hall–Kier alpha value is -1.24. The molecule has 0 saturated heterocycles. The molecule has 2 rings (SSSR count). The van der Waals surface area contributed by atoms with Gasteiger partial charge < -0.3 is 5.84 Å². The third-order valence-corrected chi connectivity index (χ3v) is 4.13. The van der Waals surface area contributed by atoms with Crippen molar-refractivity contribution in [2.75, 3.05) is 5.84 Å². The largest absolute Gasteiger partial charge is 0.334 e. The number of aromatic nitrogens is 3. The van der Waals surface area contributed by atoms with Gasteiger partial charge in [-0.3, -0.25) is 4.79 Å². The van der Waals surface area contributed by atoms with E-state index in [0.717, 1.165) is 10.2 Å². The fourth-order valence-electron chi connectivity index (χ4n) is 1.35. The predicted molar refractivity (Wildman–Crippen MR) is 77.2 cm³/mol. The first kappa shape index (κ1) is 14.2. The number of thioether (sulfide) groups is 1. The first-order chi connectivity index (χ1) is 8.99. The number of nitrogens with two attached hydrogens (primary N) is 1. The number of rotatable bonds is 3. The van der Waals surface area contributed by atoms with E-state index >= 15 is 0 Å². The summed E-state index contributed by atoms with van der Waals surface area (Å²) in [7, 11) is 0. The van der Waals surface area contributed by atoms with E-state index in [0.29, 0.717) is 21.0 Å². The highest BCUT2D eigenvalue weighted by atomic mass is 35.5. The number of benzene rings is 1. The summed E-state index contributed by atoms with van der Waals surface area (Å²) in [6, 6.07) is 5.33. The van der Waals surface area contributed by atoms with Crippen LogP contribution in [-0.2, 0) is 5.75 Å². The van der Waals surface area contributed by atoms with Crippen molar-refractivity contribution in [1.29, 1.82) is 0 Å². The Morgan fingerprint density at radius 3 is 2.74 bits per heavy atom. The molecule has 19 heavy (non-hydrogen) atoms. The van der Waals surface area contributed by atoms with Gasteiger partial charge in [0.25, 0.3) is 5.56 Å². The lowest BCUT2D eigenvalue weighted by Gasteiger charge is -2.06. The fourth-order valence-corrected chi connectivity index (χ4v) is 2.46. The van der Waals surface area contributed by atoms with Gasteiger partial charge in [-0.15, -0.1) is 10.2 Å². The normalized spacial score (nSPS) is 10.7. The van der Waals surface area contributed by atoms with E-state index in [-0.39, 0.29) is 11.3 Å². The van der Waals surface area contributed by atoms with Crippen molar-refractivity contribution in [2.45, 2.75) is 17.8 Å². The van der Waals surface area contributed by atoms with Crippen LogP contribution in [0.1, 0.15) is 11.3 Å². The quantitative estimate of drug-likeness (QED) is 0.694. The number of hydrogen-bond donors (Lipinski definition) is 1. The second-order valence-electron chi connectivity index (χ2n) is 3.78. The van der Waals surface area contributed by atoms with Crippen molar-refractivity contribution in [3.8, 4) is 0 Å². The van der Waals surface area contributed by atoms with Gasteiger partial charge in [0, 0.05) is 5.75 Å². The molecule has 1 aromatic carbocycles. The highest BCUT2D eigenvalue weighted by Gasteiger charge is 2.08. The smallest absolute Gasteiger partial charge is 0.294 e. The average Bonchev–Trinajstić information content (AvgIpc) is 2.39. The maximum absolute atomic E-state index is 11.6. The van der Waals surface area contributed by atoms with Crippen molar-refractivity contribution in [3.05, 3.63) is 49.9 Å². The van der Waals surface area contributed by atoms with Crippen molar-refractivity contribution >= 4 is 35.0 Å². The first-order valence-electron chi connectivity index (χ1n) is 5.27. The van der Waals surface area contributed by atoms with E-state index in [1.54, 1.807) is 19.1 Å². The monoisotopic (exact) mass is 316 g/mol. The maximum atomic E-state index is 11.6. The Balaban J connectivity index is 2.17. The molecule has 0 saturated carbocycles. The van der Waals surface area contributed by atoms with Gasteiger partial charge in [-0.05, 0) is 24.6 Å². The molecule has 0 unspecified atom stereocenters. The topological polar surface area (TPSA) is 73.8 Å². The van der Waals surface area contributed by atoms with Crippen molar-refractivity contribution in [2.24, 2.45) is 0 Å². The van der Waals surface area contributed by atoms with Gasteiger partial charge in [-0.1, -0.05) is 41.0 Å². The molecule has 0 aliphatic carbocycles. The van der Waals surface area contributed by atoms with E-state index in [4.69, 9.17) is 29.0 Å². The van der Waals surface area contributed by atoms with Crippen LogP contribution < -0.4 is 11.4 Å². The van der Waals surface area contributed by atoms with E-state index in [1.807, 2.05) is 6.07 Å². The lowest BCUT2D eigenvalue weighted by molar-refractivity contribution is 0.681. The molecule has 0 fully saturated rings. The van der Waals surface area contributed by atoms with Gasteiger partial charge in [0.1, 0.15) is 5.69 Å². The molecule has 0 aliphatic rings. The van der Waals surface area contributed by atoms with Crippen molar-refractivity contribution in [3.63, 3.8) is 0 Å². The molecule has 0 aliphatic heterocycles. The van der Waals surface area contributed by atoms with Crippen LogP contribution in [0.15, 0.2) is 28.2 Å². The molecule has 5 nitrogen and oxygen atoms in total. The Labute approximate surface area is 123 Å². The zero-order valence-corrected chi connectivity index (χ0v) is 12.3. The minimum Gasteiger partial charge on any atom is -0.334 e. The molecular weight excluding hydrogens is 307 g/mol. The van der Waals surface area contributed by atoms with Crippen LogP contribution in [0.5, 0.6) is 0 Å². The van der Waals surface area contributed by atoms with Gasteiger partial charge in [-0.25, -0.2) is 0 Å². The maximum Gasteiger partial charge on any atom is 0.294 e. The zero-order chi connectivity index (χ0) is 14.0. The third kappa shape index (κ3) is 3.20. The van der Waals surface area contributed by atoms with E-state index in [9.17, 15) is 4.79 Å². The molecule has 1 aromatic heterocycles. The SMILES string of the molecule is Cc1nnc(SCc2ccc(Cl)c(Cl)c2)n(N)c1=O. The van der Waals surface area contributed by atoms with Crippen LogP contribution >= 0.6 is 35.0 Å². The summed E-state index contributed by atoms with van der Waals surface area (Å²) >= 11 is 13.1.